The van der Waals surface area contributed by atoms with Gasteiger partial charge in [-0.1, -0.05) is 6.92 Å². The minimum Gasteiger partial charge on any atom is -0.351 e. The molecule has 1 aliphatic rings. The third kappa shape index (κ3) is 2.13. The third-order valence-corrected chi connectivity index (χ3v) is 4.32. The van der Waals surface area contributed by atoms with Gasteiger partial charge in [0.25, 0.3) is 0 Å². The average Bonchev–Trinajstić information content (AvgIpc) is 2.98. The molecule has 1 saturated carbocycles. The van der Waals surface area contributed by atoms with Gasteiger partial charge in [-0.15, -0.1) is 11.3 Å². The highest BCUT2D eigenvalue weighted by Crippen LogP contribution is 2.44. The van der Waals surface area contributed by atoms with E-state index in [-0.39, 0.29) is 11.3 Å². The van der Waals surface area contributed by atoms with Crippen molar-refractivity contribution in [1.29, 1.82) is 0 Å². The summed E-state index contributed by atoms with van der Waals surface area (Å²) in [6.45, 7) is 3.26. The van der Waals surface area contributed by atoms with Gasteiger partial charge < -0.3 is 11.1 Å². The maximum atomic E-state index is 11.9. The molecule has 0 aromatic carbocycles. The van der Waals surface area contributed by atoms with Gasteiger partial charge >= 0.3 is 0 Å². The number of rotatable bonds is 5. The number of amides is 1. The zero-order valence-electron chi connectivity index (χ0n) is 9.58. The fourth-order valence-corrected chi connectivity index (χ4v) is 2.78. The number of hydrogen-bond donors (Lipinski definition) is 2. The molecule has 1 fully saturated rings. The standard InChI is InChI=1S/C12H18N2OS/c1-2-9-3-6-16-10(9)7-14-11(15)12(8-13)4-5-12/h3,6H,2,4-5,7-8,13H2,1H3,(H,14,15). The quantitative estimate of drug-likeness (QED) is 0.820. The van der Waals surface area contributed by atoms with Crippen molar-refractivity contribution >= 4 is 17.2 Å². The number of carbonyl (C=O) groups is 1. The van der Waals surface area contributed by atoms with Crippen molar-refractivity contribution in [3.63, 3.8) is 0 Å². The van der Waals surface area contributed by atoms with Gasteiger partial charge in [0, 0.05) is 11.4 Å². The molecule has 2 rings (SSSR count). The first-order chi connectivity index (χ1) is 7.72. The molecule has 88 valence electrons. The average molecular weight is 238 g/mol. The summed E-state index contributed by atoms with van der Waals surface area (Å²) in [6, 6.07) is 2.13. The molecule has 3 N–H and O–H groups in total. The Morgan fingerprint density at radius 2 is 2.38 bits per heavy atom. The van der Waals surface area contributed by atoms with Crippen molar-refractivity contribution in [3.05, 3.63) is 21.9 Å². The lowest BCUT2D eigenvalue weighted by Crippen LogP contribution is -2.36. The minimum atomic E-state index is -0.233. The van der Waals surface area contributed by atoms with Crippen molar-refractivity contribution in [2.24, 2.45) is 11.1 Å². The van der Waals surface area contributed by atoms with Gasteiger partial charge in [0.2, 0.25) is 5.91 Å². The molecule has 1 aliphatic carbocycles. The van der Waals surface area contributed by atoms with E-state index in [1.54, 1.807) is 11.3 Å². The van der Waals surface area contributed by atoms with Crippen LogP contribution in [-0.2, 0) is 17.8 Å². The second-order valence-corrected chi connectivity index (χ2v) is 5.39. The fourth-order valence-electron chi connectivity index (χ4n) is 1.86. The number of nitrogens with one attached hydrogen (secondary N) is 1. The molecular weight excluding hydrogens is 220 g/mol. The lowest BCUT2D eigenvalue weighted by atomic mass is 10.1. The van der Waals surface area contributed by atoms with E-state index in [9.17, 15) is 4.79 Å². The number of carbonyl (C=O) groups excluding carboxylic acids is 1. The Labute approximate surface area is 100 Å². The summed E-state index contributed by atoms with van der Waals surface area (Å²) < 4.78 is 0. The van der Waals surface area contributed by atoms with Crippen molar-refractivity contribution in [1.82, 2.24) is 5.32 Å². The molecule has 0 radical (unpaired) electrons. The molecule has 0 aliphatic heterocycles. The highest BCUT2D eigenvalue weighted by atomic mass is 32.1. The smallest absolute Gasteiger partial charge is 0.227 e. The van der Waals surface area contributed by atoms with E-state index in [0.29, 0.717) is 13.1 Å². The summed E-state index contributed by atoms with van der Waals surface area (Å²) in [6.07, 6.45) is 2.91. The van der Waals surface area contributed by atoms with E-state index in [0.717, 1.165) is 19.3 Å². The molecule has 1 heterocycles. The third-order valence-electron chi connectivity index (χ3n) is 3.35. The molecule has 1 aromatic heterocycles. The van der Waals surface area contributed by atoms with Crippen molar-refractivity contribution in [2.75, 3.05) is 6.54 Å². The van der Waals surface area contributed by atoms with E-state index in [4.69, 9.17) is 5.73 Å². The second kappa shape index (κ2) is 4.55. The molecule has 4 heteroatoms. The van der Waals surface area contributed by atoms with E-state index >= 15 is 0 Å². The van der Waals surface area contributed by atoms with Crippen LogP contribution in [0.2, 0.25) is 0 Å². The van der Waals surface area contributed by atoms with Crippen molar-refractivity contribution in [3.8, 4) is 0 Å². The molecule has 0 unspecified atom stereocenters. The van der Waals surface area contributed by atoms with Gasteiger partial charge in [0.1, 0.15) is 0 Å². The molecule has 1 amide bonds. The van der Waals surface area contributed by atoms with Crippen LogP contribution >= 0.6 is 11.3 Å². The first-order valence-corrected chi connectivity index (χ1v) is 6.63. The lowest BCUT2D eigenvalue weighted by Gasteiger charge is -2.12. The monoisotopic (exact) mass is 238 g/mol. The topological polar surface area (TPSA) is 55.1 Å². The SMILES string of the molecule is CCc1ccsc1CNC(=O)C1(CN)CC1. The van der Waals surface area contributed by atoms with E-state index < -0.39 is 0 Å². The first kappa shape index (κ1) is 11.6. The predicted octanol–water partition coefficient (Wildman–Crippen LogP) is 1.67. The molecule has 0 saturated heterocycles. The Morgan fingerprint density at radius 1 is 1.62 bits per heavy atom. The number of nitrogens with two attached hydrogens (primary N) is 1. The van der Waals surface area contributed by atoms with E-state index in [2.05, 4.69) is 23.7 Å². The summed E-state index contributed by atoms with van der Waals surface area (Å²) in [5.41, 5.74) is 6.72. The Morgan fingerprint density at radius 3 is 2.94 bits per heavy atom. The molecule has 0 spiro atoms. The molecule has 16 heavy (non-hydrogen) atoms. The van der Waals surface area contributed by atoms with Gasteiger partial charge in [-0.2, -0.15) is 0 Å². The second-order valence-electron chi connectivity index (χ2n) is 4.39. The Hall–Kier alpha value is -0.870. The van der Waals surface area contributed by atoms with Gasteiger partial charge in [-0.3, -0.25) is 4.79 Å². The summed E-state index contributed by atoms with van der Waals surface area (Å²) in [5.74, 6) is 0.130. The highest BCUT2D eigenvalue weighted by Gasteiger charge is 2.48. The van der Waals surface area contributed by atoms with Crippen LogP contribution in [0.25, 0.3) is 0 Å². The number of aryl methyl sites for hydroxylation is 1. The Kier molecular flexibility index (Phi) is 3.30. The minimum absolute atomic E-state index is 0.130. The van der Waals surface area contributed by atoms with Crippen LogP contribution in [-0.4, -0.2) is 12.5 Å². The fraction of sp³-hybridized carbons (Fsp3) is 0.583. The van der Waals surface area contributed by atoms with Crippen molar-refractivity contribution in [2.45, 2.75) is 32.7 Å². The lowest BCUT2D eigenvalue weighted by molar-refractivity contribution is -0.126. The molecule has 0 bridgehead atoms. The van der Waals surface area contributed by atoms with Crippen LogP contribution in [0.5, 0.6) is 0 Å². The predicted molar refractivity (Wildman–Crippen MR) is 66.3 cm³/mol. The largest absolute Gasteiger partial charge is 0.351 e. The summed E-state index contributed by atoms with van der Waals surface area (Å²) >= 11 is 1.71. The van der Waals surface area contributed by atoms with Crippen molar-refractivity contribution < 1.29 is 4.79 Å². The van der Waals surface area contributed by atoms with E-state index in [1.807, 2.05) is 0 Å². The van der Waals surface area contributed by atoms with E-state index in [1.165, 1.54) is 10.4 Å². The highest BCUT2D eigenvalue weighted by molar-refractivity contribution is 7.10. The van der Waals surface area contributed by atoms with Gasteiger partial charge in [0.15, 0.2) is 0 Å². The molecule has 3 nitrogen and oxygen atoms in total. The summed E-state index contributed by atoms with van der Waals surface area (Å²) in [7, 11) is 0. The normalized spacial score (nSPS) is 17.1. The van der Waals surface area contributed by atoms with Crippen LogP contribution in [0.1, 0.15) is 30.2 Å². The van der Waals surface area contributed by atoms with Crippen LogP contribution in [0.15, 0.2) is 11.4 Å². The van der Waals surface area contributed by atoms with Gasteiger partial charge in [-0.05, 0) is 36.3 Å². The summed E-state index contributed by atoms with van der Waals surface area (Å²) in [4.78, 5) is 13.1. The molecule has 1 aromatic rings. The molecule has 0 atom stereocenters. The van der Waals surface area contributed by atoms with Crippen LogP contribution < -0.4 is 11.1 Å². The molecular formula is C12H18N2OS. The number of hydrogen-bond acceptors (Lipinski definition) is 3. The summed E-state index contributed by atoms with van der Waals surface area (Å²) in [5, 5.41) is 5.08. The van der Waals surface area contributed by atoms with Crippen LogP contribution in [0.3, 0.4) is 0 Å². The Balaban J connectivity index is 1.90. The maximum Gasteiger partial charge on any atom is 0.227 e. The maximum absolute atomic E-state index is 11.9. The zero-order chi connectivity index (χ0) is 11.6. The zero-order valence-corrected chi connectivity index (χ0v) is 10.4. The number of thiophene rings is 1. The Bertz CT molecular complexity index is 382. The first-order valence-electron chi connectivity index (χ1n) is 5.75. The van der Waals surface area contributed by atoms with Crippen LogP contribution in [0, 0.1) is 5.41 Å². The van der Waals surface area contributed by atoms with Gasteiger partial charge in [-0.25, -0.2) is 0 Å². The van der Waals surface area contributed by atoms with Gasteiger partial charge in [0.05, 0.1) is 12.0 Å². The van der Waals surface area contributed by atoms with Crippen LogP contribution in [0.4, 0.5) is 0 Å².